The van der Waals surface area contributed by atoms with Crippen molar-refractivity contribution in [2.75, 3.05) is 0 Å². The minimum Gasteiger partial charge on any atom is -0.391 e. The van der Waals surface area contributed by atoms with Gasteiger partial charge in [-0.1, -0.05) is 0 Å². The third-order valence-corrected chi connectivity index (χ3v) is 6.55. The Bertz CT molecular complexity index is 673. The normalized spacial score (nSPS) is 11.9. The Labute approximate surface area is 120 Å². The first-order valence-corrected chi connectivity index (χ1v) is 8.71. The fourth-order valence-corrected chi connectivity index (χ4v) is 4.77. The average molecular weight is 318 g/mol. The standard InChI is InChI=1S/C11H14N2O3S3/c1-7-3-11(18-9(7)5-14)19(15,16)12-4-10-13-8(2)6-17-10/h3,6,12,14H,4-5H2,1-2H3. The molecule has 0 aliphatic heterocycles. The van der Waals surface area contributed by atoms with E-state index in [1.807, 2.05) is 12.3 Å². The van der Waals surface area contributed by atoms with Crippen LogP contribution in [0.1, 0.15) is 21.1 Å². The first-order chi connectivity index (χ1) is 8.92. The SMILES string of the molecule is Cc1csc(CNS(=O)(=O)c2cc(C)c(CO)s2)n1. The van der Waals surface area contributed by atoms with Crippen molar-refractivity contribution < 1.29 is 13.5 Å². The van der Waals surface area contributed by atoms with E-state index in [4.69, 9.17) is 5.11 Å². The Morgan fingerprint density at radius 1 is 1.42 bits per heavy atom. The molecule has 5 nitrogen and oxygen atoms in total. The van der Waals surface area contributed by atoms with E-state index in [2.05, 4.69) is 9.71 Å². The number of hydrogen-bond acceptors (Lipinski definition) is 6. The minimum atomic E-state index is -3.54. The third kappa shape index (κ3) is 3.40. The van der Waals surface area contributed by atoms with Gasteiger partial charge in [0.1, 0.15) is 9.22 Å². The lowest BCUT2D eigenvalue weighted by atomic mass is 10.3. The van der Waals surface area contributed by atoms with E-state index in [0.29, 0.717) is 4.88 Å². The molecule has 0 atom stereocenters. The molecule has 19 heavy (non-hydrogen) atoms. The highest BCUT2D eigenvalue weighted by atomic mass is 32.2. The number of aliphatic hydroxyl groups excluding tert-OH is 1. The van der Waals surface area contributed by atoms with Crippen molar-refractivity contribution in [3.63, 3.8) is 0 Å². The highest BCUT2D eigenvalue weighted by Gasteiger charge is 2.18. The lowest BCUT2D eigenvalue weighted by Crippen LogP contribution is -2.22. The number of rotatable bonds is 5. The van der Waals surface area contributed by atoms with Crippen molar-refractivity contribution in [3.8, 4) is 0 Å². The summed E-state index contributed by atoms with van der Waals surface area (Å²) in [6.45, 7) is 3.69. The highest BCUT2D eigenvalue weighted by Crippen LogP contribution is 2.26. The Balaban J connectivity index is 2.13. The monoisotopic (exact) mass is 318 g/mol. The topological polar surface area (TPSA) is 79.3 Å². The van der Waals surface area contributed by atoms with Gasteiger partial charge in [0.25, 0.3) is 0 Å². The van der Waals surface area contributed by atoms with Crippen LogP contribution in [0.3, 0.4) is 0 Å². The second kappa shape index (κ2) is 5.68. The van der Waals surface area contributed by atoms with Gasteiger partial charge < -0.3 is 5.11 Å². The first-order valence-electron chi connectivity index (χ1n) is 5.53. The third-order valence-electron chi connectivity index (χ3n) is 2.49. The van der Waals surface area contributed by atoms with Crippen molar-refractivity contribution in [3.05, 3.63) is 32.6 Å². The van der Waals surface area contributed by atoms with Gasteiger partial charge in [0.15, 0.2) is 0 Å². The van der Waals surface area contributed by atoms with Crippen molar-refractivity contribution in [1.82, 2.24) is 9.71 Å². The molecular formula is C11H14N2O3S3. The first kappa shape index (κ1) is 14.6. The summed E-state index contributed by atoms with van der Waals surface area (Å²) < 4.78 is 26.9. The second-order valence-electron chi connectivity index (χ2n) is 4.04. The molecule has 0 aromatic carbocycles. The Kier molecular flexibility index (Phi) is 4.36. The number of nitrogens with zero attached hydrogens (tertiary/aromatic N) is 1. The fraction of sp³-hybridized carbons (Fsp3) is 0.364. The van der Waals surface area contributed by atoms with E-state index in [1.54, 1.807) is 13.0 Å². The molecule has 0 radical (unpaired) electrons. The van der Waals surface area contributed by atoms with Gasteiger partial charge in [-0.05, 0) is 25.5 Å². The van der Waals surface area contributed by atoms with Gasteiger partial charge >= 0.3 is 0 Å². The summed E-state index contributed by atoms with van der Waals surface area (Å²) in [5.74, 6) is 0. The number of aryl methyl sites for hydroxylation is 2. The number of thiophene rings is 1. The van der Waals surface area contributed by atoms with Gasteiger partial charge in [-0.15, -0.1) is 22.7 Å². The zero-order valence-electron chi connectivity index (χ0n) is 10.5. The van der Waals surface area contributed by atoms with Crippen LogP contribution in [0, 0.1) is 13.8 Å². The lowest BCUT2D eigenvalue weighted by Gasteiger charge is -2.01. The summed E-state index contributed by atoms with van der Waals surface area (Å²) in [6.07, 6.45) is 0. The zero-order chi connectivity index (χ0) is 14.0. The van der Waals surface area contributed by atoms with Crippen molar-refractivity contribution >= 4 is 32.7 Å². The van der Waals surface area contributed by atoms with E-state index >= 15 is 0 Å². The highest BCUT2D eigenvalue weighted by molar-refractivity contribution is 7.91. The zero-order valence-corrected chi connectivity index (χ0v) is 13.0. The summed E-state index contributed by atoms with van der Waals surface area (Å²) in [4.78, 5) is 4.87. The maximum Gasteiger partial charge on any atom is 0.250 e. The molecule has 0 saturated heterocycles. The minimum absolute atomic E-state index is 0.141. The number of sulfonamides is 1. The number of aliphatic hydroxyl groups is 1. The van der Waals surface area contributed by atoms with Crippen LogP contribution in [0.25, 0.3) is 0 Å². The van der Waals surface area contributed by atoms with E-state index in [0.717, 1.165) is 27.6 Å². The molecule has 0 aliphatic carbocycles. The molecule has 0 amide bonds. The van der Waals surface area contributed by atoms with Crippen LogP contribution >= 0.6 is 22.7 Å². The second-order valence-corrected chi connectivity index (χ2v) is 8.11. The summed E-state index contributed by atoms with van der Waals surface area (Å²) in [7, 11) is -3.54. The van der Waals surface area contributed by atoms with Crippen LogP contribution < -0.4 is 4.72 Å². The molecule has 0 saturated carbocycles. The molecular weight excluding hydrogens is 304 g/mol. The fourth-order valence-electron chi connectivity index (χ4n) is 1.49. The molecule has 2 N–H and O–H groups in total. The van der Waals surface area contributed by atoms with Gasteiger partial charge in [0, 0.05) is 16.0 Å². The van der Waals surface area contributed by atoms with Gasteiger partial charge in [-0.25, -0.2) is 18.1 Å². The van der Waals surface area contributed by atoms with Crippen molar-refractivity contribution in [2.24, 2.45) is 0 Å². The maximum absolute atomic E-state index is 12.1. The van der Waals surface area contributed by atoms with Crippen LogP contribution in [0.2, 0.25) is 0 Å². The quantitative estimate of drug-likeness (QED) is 0.881. The number of nitrogens with one attached hydrogen (secondary N) is 1. The van der Waals surface area contributed by atoms with Crippen molar-refractivity contribution in [2.45, 2.75) is 31.2 Å². The summed E-state index contributed by atoms with van der Waals surface area (Å²) >= 11 is 2.51. The molecule has 0 unspecified atom stereocenters. The van der Waals surface area contributed by atoms with Gasteiger partial charge in [-0.2, -0.15) is 0 Å². The van der Waals surface area contributed by atoms with Crippen LogP contribution in [0.4, 0.5) is 0 Å². The molecule has 0 spiro atoms. The summed E-state index contributed by atoms with van der Waals surface area (Å²) in [6, 6.07) is 1.58. The van der Waals surface area contributed by atoms with Gasteiger partial charge in [0.2, 0.25) is 10.0 Å². The van der Waals surface area contributed by atoms with E-state index < -0.39 is 10.0 Å². The molecule has 2 rings (SSSR count). The number of thiazole rings is 1. The average Bonchev–Trinajstić information content (AvgIpc) is 2.93. The molecule has 8 heteroatoms. The van der Waals surface area contributed by atoms with Crippen LogP contribution in [-0.2, 0) is 23.2 Å². The molecule has 0 fully saturated rings. The summed E-state index contributed by atoms with van der Waals surface area (Å²) in [5, 5.41) is 11.7. The molecule has 104 valence electrons. The van der Waals surface area contributed by atoms with E-state index in [-0.39, 0.29) is 17.4 Å². The smallest absolute Gasteiger partial charge is 0.250 e. The Hall–Kier alpha value is -0.800. The predicted molar refractivity (Wildman–Crippen MR) is 75.9 cm³/mol. The largest absolute Gasteiger partial charge is 0.391 e. The molecule has 2 heterocycles. The Morgan fingerprint density at radius 2 is 2.16 bits per heavy atom. The Morgan fingerprint density at radius 3 is 2.68 bits per heavy atom. The molecule has 0 aliphatic rings. The molecule has 2 aromatic rings. The van der Waals surface area contributed by atoms with E-state index in [1.165, 1.54) is 11.3 Å². The van der Waals surface area contributed by atoms with Crippen LogP contribution in [0.15, 0.2) is 15.7 Å². The maximum atomic E-state index is 12.1. The molecule has 0 bridgehead atoms. The van der Waals surface area contributed by atoms with Gasteiger partial charge in [-0.3, -0.25) is 0 Å². The number of hydrogen-bond donors (Lipinski definition) is 2. The summed E-state index contributed by atoms with van der Waals surface area (Å²) in [5.41, 5.74) is 1.67. The van der Waals surface area contributed by atoms with Crippen LogP contribution in [-0.4, -0.2) is 18.5 Å². The molecule has 2 aromatic heterocycles. The number of aromatic nitrogens is 1. The predicted octanol–water partition coefficient (Wildman–Crippen LogP) is 1.79. The van der Waals surface area contributed by atoms with Crippen LogP contribution in [0.5, 0.6) is 0 Å². The van der Waals surface area contributed by atoms with E-state index in [9.17, 15) is 8.42 Å². The lowest BCUT2D eigenvalue weighted by molar-refractivity contribution is 0.285. The van der Waals surface area contributed by atoms with Crippen molar-refractivity contribution in [1.29, 1.82) is 0 Å². The van der Waals surface area contributed by atoms with Gasteiger partial charge in [0.05, 0.1) is 13.2 Å².